The Kier molecular flexibility index (Phi) is 5.58. The van der Waals surface area contributed by atoms with Gasteiger partial charge in [-0.1, -0.05) is 48.5 Å². The Hall–Kier alpha value is -2.50. The predicted octanol–water partition coefficient (Wildman–Crippen LogP) is 4.59. The molecule has 2 aromatic carbocycles. The highest BCUT2D eigenvalue weighted by Gasteiger charge is 2.22. The van der Waals surface area contributed by atoms with E-state index in [-0.39, 0.29) is 17.6 Å². The van der Waals surface area contributed by atoms with Crippen LogP contribution in [0.4, 0.5) is 10.1 Å². The summed E-state index contributed by atoms with van der Waals surface area (Å²) in [6, 6.07) is 19.6. The summed E-state index contributed by atoms with van der Waals surface area (Å²) in [5.74, 6) is -0.719. The lowest BCUT2D eigenvalue weighted by Crippen LogP contribution is -2.40. The second-order valence-corrected chi connectivity index (χ2v) is 6.70. The topological polar surface area (TPSA) is 41.1 Å². The molecule has 1 heterocycles. The van der Waals surface area contributed by atoms with Crippen LogP contribution in [-0.2, 0) is 4.79 Å². The number of hydrogen-bond acceptors (Lipinski definition) is 3. The minimum Gasteiger partial charge on any atom is -0.322 e. The van der Waals surface area contributed by atoms with E-state index in [2.05, 4.69) is 10.6 Å². The van der Waals surface area contributed by atoms with Gasteiger partial charge in [0.05, 0.1) is 17.8 Å². The fourth-order valence-corrected chi connectivity index (χ4v) is 3.38. The minimum absolute atomic E-state index is 0.0948. The molecule has 0 unspecified atom stereocenters. The average Bonchev–Trinajstić information content (AvgIpc) is 3.16. The number of hydrogen-bond donors (Lipinski definition) is 2. The molecule has 0 radical (unpaired) electrons. The van der Waals surface area contributed by atoms with Gasteiger partial charge in [0.1, 0.15) is 5.82 Å². The number of carbonyl (C=O) groups is 1. The molecule has 0 fully saturated rings. The Balaban J connectivity index is 1.75. The van der Waals surface area contributed by atoms with Crippen LogP contribution in [0.15, 0.2) is 72.1 Å². The first-order chi connectivity index (χ1) is 12.1. The number of anilines is 1. The lowest BCUT2D eigenvalue weighted by molar-refractivity contribution is -0.117. The third-order valence-corrected chi connectivity index (χ3v) is 4.84. The molecule has 0 aliphatic heterocycles. The zero-order valence-corrected chi connectivity index (χ0v) is 14.6. The number of thiophene rings is 1. The Morgan fingerprint density at radius 1 is 1.00 bits per heavy atom. The van der Waals surface area contributed by atoms with E-state index in [1.165, 1.54) is 6.07 Å². The summed E-state index contributed by atoms with van der Waals surface area (Å²) in [6.45, 7) is 1.78. The van der Waals surface area contributed by atoms with Gasteiger partial charge in [0.2, 0.25) is 5.91 Å². The van der Waals surface area contributed by atoms with Gasteiger partial charge in [-0.05, 0) is 36.1 Å². The number of amides is 1. The van der Waals surface area contributed by atoms with Gasteiger partial charge in [0.15, 0.2) is 0 Å². The van der Waals surface area contributed by atoms with Gasteiger partial charge < -0.3 is 5.32 Å². The average molecular weight is 354 g/mol. The van der Waals surface area contributed by atoms with Crippen LogP contribution in [0.3, 0.4) is 0 Å². The molecular weight excluding hydrogens is 335 g/mol. The minimum atomic E-state index is -0.494. The summed E-state index contributed by atoms with van der Waals surface area (Å²) in [4.78, 5) is 13.6. The van der Waals surface area contributed by atoms with E-state index < -0.39 is 11.9 Å². The number of halogens is 1. The highest BCUT2D eigenvalue weighted by molar-refractivity contribution is 7.10. The van der Waals surface area contributed by atoms with Crippen LogP contribution in [0, 0.1) is 5.82 Å². The van der Waals surface area contributed by atoms with Crippen molar-refractivity contribution in [2.24, 2.45) is 0 Å². The van der Waals surface area contributed by atoms with E-state index in [0.717, 1.165) is 10.4 Å². The predicted molar refractivity (Wildman–Crippen MR) is 100 cm³/mol. The largest absolute Gasteiger partial charge is 0.322 e. The maximum absolute atomic E-state index is 13.7. The van der Waals surface area contributed by atoms with E-state index in [0.29, 0.717) is 0 Å². The molecule has 5 heteroatoms. The van der Waals surface area contributed by atoms with Crippen molar-refractivity contribution >= 4 is 22.9 Å². The van der Waals surface area contributed by atoms with Gasteiger partial charge >= 0.3 is 0 Å². The second kappa shape index (κ2) is 8.05. The summed E-state index contributed by atoms with van der Waals surface area (Å²) in [6.07, 6.45) is 0. The molecule has 0 spiro atoms. The van der Waals surface area contributed by atoms with E-state index in [9.17, 15) is 9.18 Å². The van der Waals surface area contributed by atoms with E-state index in [1.54, 1.807) is 36.5 Å². The molecule has 25 heavy (non-hydrogen) atoms. The van der Waals surface area contributed by atoms with E-state index in [4.69, 9.17) is 0 Å². The second-order valence-electron chi connectivity index (χ2n) is 5.72. The lowest BCUT2D eigenvalue weighted by Gasteiger charge is -2.22. The van der Waals surface area contributed by atoms with Crippen molar-refractivity contribution in [2.75, 3.05) is 5.32 Å². The smallest absolute Gasteiger partial charge is 0.241 e. The van der Waals surface area contributed by atoms with E-state index in [1.807, 2.05) is 47.8 Å². The molecule has 3 nitrogen and oxygen atoms in total. The van der Waals surface area contributed by atoms with Crippen molar-refractivity contribution in [1.82, 2.24) is 5.32 Å². The highest BCUT2D eigenvalue weighted by Crippen LogP contribution is 2.26. The Labute approximate surface area is 150 Å². The van der Waals surface area contributed by atoms with Gasteiger partial charge in [-0.25, -0.2) is 4.39 Å². The van der Waals surface area contributed by atoms with Crippen LogP contribution in [-0.4, -0.2) is 11.9 Å². The molecule has 1 aromatic heterocycles. The van der Waals surface area contributed by atoms with Gasteiger partial charge in [-0.3, -0.25) is 10.1 Å². The zero-order valence-electron chi connectivity index (χ0n) is 13.8. The summed E-state index contributed by atoms with van der Waals surface area (Å²) < 4.78 is 13.7. The van der Waals surface area contributed by atoms with Crippen LogP contribution < -0.4 is 10.6 Å². The first kappa shape index (κ1) is 17.3. The standard InChI is InChI=1S/C20H19FN2OS/c1-14(20(24)23-17-11-6-5-10-16(17)21)22-19(18-12-7-13-25-18)15-8-3-2-4-9-15/h2-14,19,22H,1H3,(H,23,24)/t14-,19+/m0/s1. The SMILES string of the molecule is C[C@H](N[C@H](c1ccccc1)c1cccs1)C(=O)Nc1ccccc1F. The van der Waals surface area contributed by atoms with Gasteiger partial charge in [0.25, 0.3) is 0 Å². The van der Waals surface area contributed by atoms with Crippen LogP contribution >= 0.6 is 11.3 Å². The maximum Gasteiger partial charge on any atom is 0.241 e. The van der Waals surface area contributed by atoms with Crippen LogP contribution in [0.1, 0.15) is 23.4 Å². The van der Waals surface area contributed by atoms with Gasteiger partial charge in [-0.15, -0.1) is 11.3 Å². The molecular formula is C20H19FN2OS. The molecule has 2 N–H and O–H groups in total. The summed E-state index contributed by atoms with van der Waals surface area (Å²) >= 11 is 1.63. The molecule has 0 aliphatic carbocycles. The van der Waals surface area contributed by atoms with Gasteiger partial charge in [0, 0.05) is 4.88 Å². The maximum atomic E-state index is 13.7. The van der Waals surface area contributed by atoms with Crippen LogP contribution in [0.2, 0.25) is 0 Å². The summed E-state index contributed by atoms with van der Waals surface area (Å²) in [7, 11) is 0. The number of para-hydroxylation sites is 1. The van der Waals surface area contributed by atoms with Crippen molar-refractivity contribution in [2.45, 2.75) is 19.0 Å². The summed E-state index contributed by atoms with van der Waals surface area (Å²) in [5, 5.41) is 8.00. The van der Waals surface area contributed by atoms with Gasteiger partial charge in [-0.2, -0.15) is 0 Å². The number of benzene rings is 2. The Bertz CT molecular complexity index is 821. The molecule has 0 saturated carbocycles. The fraction of sp³-hybridized carbons (Fsp3) is 0.150. The third-order valence-electron chi connectivity index (χ3n) is 3.90. The molecule has 1 amide bonds. The first-order valence-corrected chi connectivity index (χ1v) is 8.93. The number of carbonyl (C=O) groups excluding carboxylic acids is 1. The van der Waals surface area contributed by atoms with Crippen molar-refractivity contribution in [3.63, 3.8) is 0 Å². The van der Waals surface area contributed by atoms with E-state index >= 15 is 0 Å². The quantitative estimate of drug-likeness (QED) is 0.680. The molecule has 128 valence electrons. The molecule has 0 aliphatic rings. The van der Waals surface area contributed by atoms with Crippen molar-refractivity contribution < 1.29 is 9.18 Å². The highest BCUT2D eigenvalue weighted by atomic mass is 32.1. The van der Waals surface area contributed by atoms with Crippen molar-refractivity contribution in [3.05, 3.63) is 88.4 Å². The van der Waals surface area contributed by atoms with Crippen LogP contribution in [0.25, 0.3) is 0 Å². The van der Waals surface area contributed by atoms with Crippen molar-refractivity contribution in [3.8, 4) is 0 Å². The van der Waals surface area contributed by atoms with Crippen LogP contribution in [0.5, 0.6) is 0 Å². The summed E-state index contributed by atoms with van der Waals surface area (Å²) in [5.41, 5.74) is 1.27. The number of rotatable bonds is 6. The normalized spacial score (nSPS) is 13.2. The fourth-order valence-electron chi connectivity index (χ4n) is 2.57. The molecule has 0 saturated heterocycles. The third kappa shape index (κ3) is 4.32. The monoisotopic (exact) mass is 354 g/mol. The zero-order chi connectivity index (χ0) is 17.6. The molecule has 0 bridgehead atoms. The number of nitrogens with one attached hydrogen (secondary N) is 2. The lowest BCUT2D eigenvalue weighted by atomic mass is 10.0. The molecule has 3 rings (SSSR count). The Morgan fingerprint density at radius 3 is 2.40 bits per heavy atom. The molecule has 3 aromatic rings. The molecule has 2 atom stereocenters. The Morgan fingerprint density at radius 2 is 1.72 bits per heavy atom. The van der Waals surface area contributed by atoms with Crippen molar-refractivity contribution in [1.29, 1.82) is 0 Å². The first-order valence-electron chi connectivity index (χ1n) is 8.05.